The van der Waals surface area contributed by atoms with Gasteiger partial charge >= 0.3 is 5.97 Å². The van der Waals surface area contributed by atoms with E-state index in [0.29, 0.717) is 5.57 Å². The summed E-state index contributed by atoms with van der Waals surface area (Å²) in [4.78, 5) is 10.3. The Morgan fingerprint density at radius 1 is 1.62 bits per heavy atom. The Hall–Kier alpha value is -0.870. The summed E-state index contributed by atoms with van der Waals surface area (Å²) < 4.78 is 0. The highest BCUT2D eigenvalue weighted by Gasteiger charge is 2.08. The molecule has 4 heteroatoms. The van der Waals surface area contributed by atoms with Gasteiger partial charge in [-0.1, -0.05) is 6.08 Å². The van der Waals surface area contributed by atoms with Crippen LogP contribution in [0, 0.1) is 0 Å². The predicted molar refractivity (Wildman–Crippen MR) is 50.1 cm³/mol. The number of hydrogen-bond acceptors (Lipinski definition) is 3. The number of carbonyl (C=O) groups is 1. The lowest BCUT2D eigenvalue weighted by atomic mass is 10.0. The second-order valence-electron chi connectivity index (χ2n) is 3.02. The van der Waals surface area contributed by atoms with E-state index >= 15 is 0 Å². The van der Waals surface area contributed by atoms with Crippen LogP contribution in [-0.4, -0.2) is 22.4 Å². The Morgan fingerprint density at radius 3 is 2.38 bits per heavy atom. The number of hydrogen-bond donors (Lipinski definition) is 3. The number of aliphatic hydroxyl groups excluding tert-OH is 1. The Labute approximate surface area is 78.1 Å². The minimum absolute atomic E-state index is 0.598. The van der Waals surface area contributed by atoms with Gasteiger partial charge < -0.3 is 15.9 Å². The van der Waals surface area contributed by atoms with E-state index in [-0.39, 0.29) is 0 Å². The molecular formula is C9H17NO3. The highest BCUT2D eigenvalue weighted by molar-refractivity contribution is 5.86. The number of rotatable bonds is 1. The molecule has 0 aliphatic heterocycles. The van der Waals surface area contributed by atoms with E-state index in [0.717, 1.165) is 25.7 Å². The normalized spacial score (nSPS) is 17.9. The first kappa shape index (κ1) is 12.1. The van der Waals surface area contributed by atoms with Crippen molar-refractivity contribution in [3.8, 4) is 0 Å². The third kappa shape index (κ3) is 7.49. The number of aliphatic carboxylic acids is 1. The van der Waals surface area contributed by atoms with Crippen LogP contribution in [0.2, 0.25) is 0 Å². The summed E-state index contributed by atoms with van der Waals surface area (Å²) in [5.74, 6) is -0.741. The van der Waals surface area contributed by atoms with Crippen LogP contribution in [0.25, 0.3) is 0 Å². The van der Waals surface area contributed by atoms with Crippen LogP contribution in [0.4, 0.5) is 0 Å². The molecule has 1 unspecified atom stereocenters. The predicted octanol–water partition coefficient (Wildman–Crippen LogP) is 0.855. The van der Waals surface area contributed by atoms with Gasteiger partial charge in [-0.2, -0.15) is 0 Å². The van der Waals surface area contributed by atoms with Gasteiger partial charge in [-0.05, 0) is 32.6 Å². The molecule has 1 atom stereocenters. The Balaban J connectivity index is 0.000000310. The van der Waals surface area contributed by atoms with Gasteiger partial charge in [-0.3, -0.25) is 0 Å². The highest BCUT2D eigenvalue weighted by atomic mass is 16.4. The second kappa shape index (κ2) is 6.62. The topological polar surface area (TPSA) is 83.5 Å². The van der Waals surface area contributed by atoms with Gasteiger partial charge in [0.25, 0.3) is 0 Å². The van der Waals surface area contributed by atoms with Crippen molar-refractivity contribution in [2.24, 2.45) is 5.73 Å². The first-order valence-electron chi connectivity index (χ1n) is 4.40. The maximum absolute atomic E-state index is 10.3. The van der Waals surface area contributed by atoms with Gasteiger partial charge in [-0.15, -0.1) is 0 Å². The number of carboxylic acid groups (broad SMARTS) is 1. The third-order valence-corrected chi connectivity index (χ3v) is 1.57. The van der Waals surface area contributed by atoms with E-state index in [1.54, 1.807) is 0 Å². The van der Waals surface area contributed by atoms with Gasteiger partial charge in [-0.25, -0.2) is 4.79 Å². The van der Waals surface area contributed by atoms with Crippen molar-refractivity contribution in [3.63, 3.8) is 0 Å². The van der Waals surface area contributed by atoms with Gasteiger partial charge in [0.1, 0.15) is 0 Å². The zero-order chi connectivity index (χ0) is 10.3. The SMILES string of the molecule is CC(N)O.O=C(O)C1=CCCCC1. The summed E-state index contributed by atoms with van der Waals surface area (Å²) in [5, 5.41) is 16.3. The fraction of sp³-hybridized carbons (Fsp3) is 0.667. The molecule has 4 N–H and O–H groups in total. The molecule has 1 aliphatic carbocycles. The molecule has 1 rings (SSSR count). The van der Waals surface area contributed by atoms with Crippen LogP contribution in [0.15, 0.2) is 11.6 Å². The van der Waals surface area contributed by atoms with Crippen molar-refractivity contribution in [1.82, 2.24) is 0 Å². The molecule has 1 aliphatic rings. The molecule has 0 amide bonds. The molecule has 0 fully saturated rings. The van der Waals surface area contributed by atoms with E-state index in [1.165, 1.54) is 6.92 Å². The minimum atomic E-state index is -0.741. The molecular weight excluding hydrogens is 170 g/mol. The second-order valence-corrected chi connectivity index (χ2v) is 3.02. The molecule has 0 bridgehead atoms. The van der Waals surface area contributed by atoms with Crippen LogP contribution < -0.4 is 5.73 Å². The van der Waals surface area contributed by atoms with Crippen molar-refractivity contribution in [3.05, 3.63) is 11.6 Å². The van der Waals surface area contributed by atoms with Crippen LogP contribution in [0.5, 0.6) is 0 Å². The Kier molecular flexibility index (Phi) is 6.18. The minimum Gasteiger partial charge on any atom is -0.478 e. The van der Waals surface area contributed by atoms with Crippen LogP contribution in [0.3, 0.4) is 0 Å². The smallest absolute Gasteiger partial charge is 0.331 e. The van der Waals surface area contributed by atoms with Crippen molar-refractivity contribution >= 4 is 5.97 Å². The number of carboxylic acids is 1. The number of aliphatic hydroxyl groups is 1. The fourth-order valence-electron chi connectivity index (χ4n) is 1.03. The first-order chi connectivity index (χ1) is 6.04. The molecule has 13 heavy (non-hydrogen) atoms. The van der Waals surface area contributed by atoms with Crippen LogP contribution in [0.1, 0.15) is 32.6 Å². The van der Waals surface area contributed by atoms with Crippen molar-refractivity contribution < 1.29 is 15.0 Å². The lowest BCUT2D eigenvalue weighted by molar-refractivity contribution is -0.132. The molecule has 76 valence electrons. The summed E-state index contributed by atoms with van der Waals surface area (Å²) in [5.41, 5.74) is 5.27. The zero-order valence-corrected chi connectivity index (χ0v) is 7.86. The summed E-state index contributed by atoms with van der Waals surface area (Å²) in [6, 6.07) is 0. The molecule has 4 nitrogen and oxygen atoms in total. The van der Waals surface area contributed by atoms with Gasteiger partial charge in [0, 0.05) is 5.57 Å². The fourth-order valence-corrected chi connectivity index (χ4v) is 1.03. The maximum atomic E-state index is 10.3. The summed E-state index contributed by atoms with van der Waals surface area (Å²) in [6.07, 6.45) is 5.05. The third-order valence-electron chi connectivity index (χ3n) is 1.57. The van der Waals surface area contributed by atoms with Crippen molar-refractivity contribution in [2.45, 2.75) is 38.8 Å². The standard InChI is InChI=1S/C7H10O2.C2H7NO/c8-7(9)6-4-2-1-3-5-6;1-2(3)4/h4H,1-3,5H2,(H,8,9);2,4H,3H2,1H3. The van der Waals surface area contributed by atoms with Gasteiger partial charge in [0.05, 0.1) is 6.23 Å². The Morgan fingerprint density at radius 2 is 2.15 bits per heavy atom. The molecule has 0 aromatic heterocycles. The van der Waals surface area contributed by atoms with Gasteiger partial charge in [0.2, 0.25) is 0 Å². The highest BCUT2D eigenvalue weighted by Crippen LogP contribution is 2.16. The molecule has 0 radical (unpaired) electrons. The maximum Gasteiger partial charge on any atom is 0.331 e. The molecule has 0 saturated heterocycles. The zero-order valence-electron chi connectivity index (χ0n) is 7.86. The summed E-state index contributed by atoms with van der Waals surface area (Å²) in [6.45, 7) is 1.50. The average Bonchev–Trinajstić information content (AvgIpc) is 2.05. The largest absolute Gasteiger partial charge is 0.478 e. The van der Waals surface area contributed by atoms with Crippen LogP contribution >= 0.6 is 0 Å². The lowest BCUT2D eigenvalue weighted by Gasteiger charge is -2.06. The quantitative estimate of drug-likeness (QED) is 0.531. The van der Waals surface area contributed by atoms with E-state index in [4.69, 9.17) is 10.2 Å². The molecule has 0 aromatic carbocycles. The number of allylic oxidation sites excluding steroid dienone is 1. The van der Waals surface area contributed by atoms with Gasteiger partial charge in [0.15, 0.2) is 0 Å². The Bertz CT molecular complexity index is 185. The van der Waals surface area contributed by atoms with E-state index in [2.05, 4.69) is 5.73 Å². The lowest BCUT2D eigenvalue weighted by Crippen LogP contribution is -2.11. The molecule has 0 aromatic rings. The average molecular weight is 187 g/mol. The molecule has 0 spiro atoms. The molecule has 0 saturated carbocycles. The number of nitrogens with two attached hydrogens (primary N) is 1. The summed E-state index contributed by atoms with van der Waals surface area (Å²) >= 11 is 0. The summed E-state index contributed by atoms with van der Waals surface area (Å²) in [7, 11) is 0. The van der Waals surface area contributed by atoms with Crippen molar-refractivity contribution in [1.29, 1.82) is 0 Å². The van der Waals surface area contributed by atoms with E-state index < -0.39 is 12.2 Å². The van der Waals surface area contributed by atoms with Crippen LogP contribution in [-0.2, 0) is 4.79 Å². The molecule has 0 heterocycles. The van der Waals surface area contributed by atoms with Crippen molar-refractivity contribution in [2.75, 3.05) is 0 Å². The monoisotopic (exact) mass is 187 g/mol. The first-order valence-corrected chi connectivity index (χ1v) is 4.40. The van der Waals surface area contributed by atoms with E-state index in [1.807, 2.05) is 6.08 Å². The van der Waals surface area contributed by atoms with E-state index in [9.17, 15) is 4.79 Å².